The molecule has 0 aromatic carbocycles. The summed E-state index contributed by atoms with van der Waals surface area (Å²) in [7, 11) is 0.873. The molecule has 0 aliphatic carbocycles. The molecule has 3 heteroatoms. The van der Waals surface area contributed by atoms with Crippen LogP contribution in [0.1, 0.15) is 0 Å². The zero-order valence-corrected chi connectivity index (χ0v) is 2.81. The molecular formula is CHN2P. The summed E-state index contributed by atoms with van der Waals surface area (Å²) in [5.74, 6) is 0. The maximum Gasteiger partial charge on any atom is 0.157 e. The molecule has 0 aromatic rings. The Morgan fingerprint density at radius 3 is 2.00 bits per heavy atom. The molecule has 0 fully saturated rings. The van der Waals surface area contributed by atoms with Gasteiger partial charge in [0.15, 0.2) is 8.52 Å². The molecule has 0 unspecified atom stereocenters. The van der Waals surface area contributed by atoms with E-state index in [2.05, 4.69) is 9.51 Å². The smallest absolute Gasteiger partial charge is 0.157 e. The van der Waals surface area contributed by atoms with E-state index in [0.717, 1.165) is 8.52 Å². The van der Waals surface area contributed by atoms with Gasteiger partial charge in [-0.15, -0.1) is 0 Å². The van der Waals surface area contributed by atoms with Crippen molar-refractivity contribution in [1.29, 1.82) is 0 Å². The Kier molecular flexibility index (Phi) is 0.311. The van der Waals surface area contributed by atoms with Gasteiger partial charge in [0.1, 0.15) is 6.34 Å². The van der Waals surface area contributed by atoms with Gasteiger partial charge in [0.05, 0.1) is 0 Å². The lowest BCUT2D eigenvalue weighted by molar-refractivity contribution is 1.71. The fraction of sp³-hybridized carbons (Fsp3) is 0. The molecular weight excluding hydrogens is 71.0 g/mol. The Hall–Kier alpha value is -0.230. The van der Waals surface area contributed by atoms with Gasteiger partial charge in [-0.3, -0.25) is 0 Å². The van der Waals surface area contributed by atoms with Crippen LogP contribution in [-0.4, -0.2) is 6.34 Å². The predicted octanol–water partition coefficient (Wildman–Crippen LogP) is 1.07. The zero-order chi connectivity index (χ0) is 2.83. The molecule has 1 aliphatic heterocycles. The first-order chi connectivity index (χ1) is 2.00. The van der Waals surface area contributed by atoms with Gasteiger partial charge >= 0.3 is 0 Å². The van der Waals surface area contributed by atoms with Crippen LogP contribution in [0.3, 0.4) is 0 Å². The zero-order valence-electron chi connectivity index (χ0n) is 1.92. The second-order valence-corrected chi connectivity index (χ2v) is 1.08. The van der Waals surface area contributed by atoms with Gasteiger partial charge in [0.2, 0.25) is 0 Å². The highest BCUT2D eigenvalue weighted by molar-refractivity contribution is 7.27. The average Bonchev–Trinajstić information content (AvgIpc) is 0.722. The van der Waals surface area contributed by atoms with Crippen molar-refractivity contribution in [3.8, 4) is 0 Å². The van der Waals surface area contributed by atoms with Crippen LogP contribution in [0.4, 0.5) is 0 Å². The minimum absolute atomic E-state index is 0.873. The van der Waals surface area contributed by atoms with Crippen molar-refractivity contribution >= 4 is 14.9 Å². The molecule has 20 valence electrons. The molecule has 1 heterocycles. The lowest BCUT2D eigenvalue weighted by Crippen LogP contribution is -1.56. The Bertz CT molecular complexity index is 46.4. The fourth-order valence-electron chi connectivity index (χ4n) is 0.0516. The van der Waals surface area contributed by atoms with Crippen molar-refractivity contribution in [1.82, 2.24) is 0 Å². The largest absolute Gasteiger partial charge is 0.196 e. The van der Waals surface area contributed by atoms with Crippen LogP contribution in [0.15, 0.2) is 9.51 Å². The summed E-state index contributed by atoms with van der Waals surface area (Å²) in [6, 6.07) is 0. The van der Waals surface area contributed by atoms with Crippen LogP contribution in [-0.2, 0) is 0 Å². The first kappa shape index (κ1) is 2.04. The molecule has 0 atom stereocenters. The second kappa shape index (κ2) is 0.611. The van der Waals surface area contributed by atoms with Crippen molar-refractivity contribution in [3.63, 3.8) is 0 Å². The van der Waals surface area contributed by atoms with Gasteiger partial charge < -0.3 is 0 Å². The van der Waals surface area contributed by atoms with Crippen molar-refractivity contribution in [3.05, 3.63) is 0 Å². The summed E-state index contributed by atoms with van der Waals surface area (Å²) in [6.45, 7) is 0. The molecule has 0 spiro atoms. The monoisotopic (exact) mass is 72.0 g/mol. The highest BCUT2D eigenvalue weighted by Gasteiger charge is 1.69. The summed E-state index contributed by atoms with van der Waals surface area (Å²) < 4.78 is 7.19. The van der Waals surface area contributed by atoms with Crippen LogP contribution in [0, 0.1) is 0 Å². The fourth-order valence-corrected chi connectivity index (χ4v) is 0.155. The first-order valence-corrected chi connectivity index (χ1v) is 1.72. The number of rotatable bonds is 0. The molecule has 0 saturated carbocycles. The maximum atomic E-state index is 3.60. The van der Waals surface area contributed by atoms with Crippen molar-refractivity contribution in [2.24, 2.45) is 9.51 Å². The van der Waals surface area contributed by atoms with Gasteiger partial charge in [-0.2, -0.15) is 9.51 Å². The quantitative estimate of drug-likeness (QED) is 0.382. The van der Waals surface area contributed by atoms with Gasteiger partial charge in [-0.25, -0.2) is 0 Å². The van der Waals surface area contributed by atoms with Crippen LogP contribution in [0.25, 0.3) is 0 Å². The topological polar surface area (TPSA) is 24.7 Å². The summed E-state index contributed by atoms with van der Waals surface area (Å²) in [5.41, 5.74) is 0. The lowest BCUT2D eigenvalue weighted by Gasteiger charge is -1.74. The van der Waals surface area contributed by atoms with Gasteiger partial charge in [0.25, 0.3) is 0 Å². The summed E-state index contributed by atoms with van der Waals surface area (Å²) in [5, 5.41) is 0. The van der Waals surface area contributed by atoms with E-state index in [0.29, 0.717) is 0 Å². The maximum absolute atomic E-state index is 3.60. The Morgan fingerprint density at radius 2 is 2.00 bits per heavy atom. The minimum Gasteiger partial charge on any atom is -0.196 e. The highest BCUT2D eigenvalue weighted by Crippen LogP contribution is 2.05. The molecule has 0 radical (unpaired) electrons. The van der Waals surface area contributed by atoms with E-state index in [1.54, 1.807) is 6.34 Å². The summed E-state index contributed by atoms with van der Waals surface area (Å²) in [4.78, 5) is 0. The minimum atomic E-state index is 0.873. The lowest BCUT2D eigenvalue weighted by atomic mass is 11.4. The van der Waals surface area contributed by atoms with E-state index in [-0.39, 0.29) is 0 Å². The van der Waals surface area contributed by atoms with E-state index >= 15 is 0 Å². The Balaban J connectivity index is 2.67. The van der Waals surface area contributed by atoms with Gasteiger partial charge in [0, 0.05) is 0 Å². The third-order valence-electron chi connectivity index (χ3n) is 0.207. The summed E-state index contributed by atoms with van der Waals surface area (Å²) >= 11 is 0. The molecule has 0 N–H and O–H groups in total. The van der Waals surface area contributed by atoms with Crippen LogP contribution in [0.2, 0.25) is 0 Å². The molecule has 0 aromatic heterocycles. The Morgan fingerprint density at radius 1 is 1.75 bits per heavy atom. The van der Waals surface area contributed by atoms with E-state index in [1.807, 2.05) is 0 Å². The standard InChI is InChI=1S/CHN2P/c1-2-4-3-1/h1H. The molecule has 2 nitrogen and oxygen atoms in total. The molecule has 0 bridgehead atoms. The first-order valence-electron chi connectivity index (χ1n) is 0.916. The van der Waals surface area contributed by atoms with E-state index in [4.69, 9.17) is 0 Å². The van der Waals surface area contributed by atoms with E-state index in [1.165, 1.54) is 0 Å². The third kappa shape index (κ3) is 0.0738. The van der Waals surface area contributed by atoms with Crippen LogP contribution < -0.4 is 0 Å². The third-order valence-corrected chi connectivity index (χ3v) is 0.620. The van der Waals surface area contributed by atoms with Crippen LogP contribution in [0.5, 0.6) is 0 Å². The number of nitrogens with zero attached hydrogens (tertiary/aromatic N) is 2. The van der Waals surface area contributed by atoms with Gasteiger partial charge in [-0.1, -0.05) is 0 Å². The number of hydrogen-bond donors (Lipinski definition) is 0. The van der Waals surface area contributed by atoms with Gasteiger partial charge in [-0.05, 0) is 0 Å². The van der Waals surface area contributed by atoms with Crippen molar-refractivity contribution < 1.29 is 0 Å². The predicted molar refractivity (Wildman–Crippen MR) is 17.8 cm³/mol. The number of hydrogen-bond acceptors (Lipinski definition) is 2. The highest BCUT2D eigenvalue weighted by atomic mass is 31.1. The van der Waals surface area contributed by atoms with E-state index < -0.39 is 0 Å². The van der Waals surface area contributed by atoms with Crippen LogP contribution >= 0.6 is 8.52 Å². The normalized spacial score (nSPS) is 20.0. The molecule has 1 rings (SSSR count). The second-order valence-electron chi connectivity index (χ2n) is 0.436. The summed E-state index contributed by atoms with van der Waals surface area (Å²) in [6.07, 6.45) is 1.54. The van der Waals surface area contributed by atoms with Crippen molar-refractivity contribution in [2.45, 2.75) is 0 Å². The molecule has 0 saturated heterocycles. The van der Waals surface area contributed by atoms with Crippen molar-refractivity contribution in [2.75, 3.05) is 0 Å². The SMILES string of the molecule is C1=NP=N1. The molecule has 1 aliphatic rings. The Labute approximate surface area is 25.5 Å². The molecule has 4 heavy (non-hydrogen) atoms. The van der Waals surface area contributed by atoms with E-state index in [9.17, 15) is 0 Å². The average molecular weight is 72.0 g/mol. The molecule has 0 amide bonds.